The maximum atomic E-state index is 13.1. The lowest BCUT2D eigenvalue weighted by molar-refractivity contribution is -0.124. The second-order valence-corrected chi connectivity index (χ2v) is 10.4. The molecule has 2 aromatic carbocycles. The molecular formula is C23H26ClFN2O5S. The van der Waals surface area contributed by atoms with E-state index in [0.29, 0.717) is 18.8 Å². The number of rotatable bonds is 7. The Bertz CT molecular complexity index is 1120. The van der Waals surface area contributed by atoms with E-state index in [1.807, 2.05) is 6.92 Å². The third-order valence-corrected chi connectivity index (χ3v) is 7.78. The minimum atomic E-state index is -3.89. The zero-order valence-electron chi connectivity index (χ0n) is 18.4. The maximum absolute atomic E-state index is 13.1. The number of halogens is 2. The number of piperidine rings is 1. The molecule has 33 heavy (non-hydrogen) atoms. The standard InChI is InChI=1S/C23H26ClFN2O5S/c1-3-20(22(28)26-18-9-7-17(25)8-10-18)32-23(29)16-6-11-19(24)21(13-16)33(30,31)27-12-4-5-15(2)14-27/h6-11,13,15,20H,3-5,12,14H2,1-2H3,(H,26,28). The van der Waals surface area contributed by atoms with Crippen LogP contribution in [0.4, 0.5) is 10.1 Å². The molecule has 0 spiro atoms. The number of carbonyl (C=O) groups excluding carboxylic acids is 2. The Hall–Kier alpha value is -2.49. The van der Waals surface area contributed by atoms with Crippen molar-refractivity contribution < 1.29 is 27.1 Å². The van der Waals surface area contributed by atoms with Crippen molar-refractivity contribution in [2.45, 2.75) is 44.1 Å². The maximum Gasteiger partial charge on any atom is 0.338 e. The summed E-state index contributed by atoms with van der Waals surface area (Å²) in [7, 11) is -3.89. The molecule has 2 unspecified atom stereocenters. The number of nitrogens with one attached hydrogen (secondary N) is 1. The molecule has 10 heteroatoms. The zero-order valence-corrected chi connectivity index (χ0v) is 20.0. The topological polar surface area (TPSA) is 92.8 Å². The van der Waals surface area contributed by atoms with E-state index in [0.717, 1.165) is 12.8 Å². The third kappa shape index (κ3) is 6.10. The number of amides is 1. The van der Waals surface area contributed by atoms with Gasteiger partial charge in [-0.1, -0.05) is 25.4 Å². The summed E-state index contributed by atoms with van der Waals surface area (Å²) in [6, 6.07) is 9.04. The van der Waals surface area contributed by atoms with Crippen LogP contribution in [0.2, 0.25) is 5.02 Å². The summed E-state index contributed by atoms with van der Waals surface area (Å²) in [5.41, 5.74) is 0.322. The molecule has 178 valence electrons. The van der Waals surface area contributed by atoms with Crippen LogP contribution in [0.3, 0.4) is 0 Å². The van der Waals surface area contributed by atoms with Gasteiger partial charge in [0, 0.05) is 18.8 Å². The molecule has 1 aliphatic rings. The Kier molecular flexibility index (Phi) is 8.10. The molecule has 2 atom stereocenters. The number of nitrogens with zero attached hydrogens (tertiary/aromatic N) is 1. The summed E-state index contributed by atoms with van der Waals surface area (Å²) < 4.78 is 46.1. The Balaban J connectivity index is 1.76. The van der Waals surface area contributed by atoms with Crippen molar-refractivity contribution >= 4 is 39.2 Å². The molecule has 0 saturated carbocycles. The summed E-state index contributed by atoms with van der Waals surface area (Å²) in [6.07, 6.45) is 0.760. The molecule has 2 aromatic rings. The normalized spacial score (nSPS) is 17.9. The zero-order chi connectivity index (χ0) is 24.2. The number of carbonyl (C=O) groups is 2. The first-order valence-electron chi connectivity index (χ1n) is 10.7. The van der Waals surface area contributed by atoms with E-state index in [1.54, 1.807) is 6.92 Å². The van der Waals surface area contributed by atoms with Crippen LogP contribution in [0.25, 0.3) is 0 Å². The van der Waals surface area contributed by atoms with Crippen molar-refractivity contribution in [3.05, 3.63) is 58.9 Å². The average molecular weight is 497 g/mol. The van der Waals surface area contributed by atoms with E-state index in [1.165, 1.54) is 46.8 Å². The van der Waals surface area contributed by atoms with Gasteiger partial charge in [0.1, 0.15) is 10.7 Å². The molecule has 0 aromatic heterocycles. The summed E-state index contributed by atoms with van der Waals surface area (Å²) in [4.78, 5) is 25.1. The monoisotopic (exact) mass is 496 g/mol. The second kappa shape index (κ2) is 10.6. The predicted octanol–water partition coefficient (Wildman–Crippen LogP) is 4.47. The smallest absolute Gasteiger partial charge is 0.338 e. The minimum absolute atomic E-state index is 0.00544. The van der Waals surface area contributed by atoms with Crippen molar-refractivity contribution in [3.63, 3.8) is 0 Å². The second-order valence-electron chi connectivity index (χ2n) is 8.05. The highest BCUT2D eigenvalue weighted by Crippen LogP contribution is 2.29. The molecule has 1 amide bonds. The highest BCUT2D eigenvalue weighted by molar-refractivity contribution is 7.89. The Morgan fingerprint density at radius 1 is 1.24 bits per heavy atom. The summed E-state index contributed by atoms with van der Waals surface area (Å²) >= 11 is 6.18. The van der Waals surface area contributed by atoms with Crippen LogP contribution in [0.1, 0.15) is 43.5 Å². The highest BCUT2D eigenvalue weighted by Gasteiger charge is 2.31. The predicted molar refractivity (Wildman–Crippen MR) is 123 cm³/mol. The van der Waals surface area contributed by atoms with Gasteiger partial charge in [-0.3, -0.25) is 4.79 Å². The molecule has 0 aliphatic carbocycles. The van der Waals surface area contributed by atoms with E-state index < -0.39 is 33.8 Å². The quantitative estimate of drug-likeness (QED) is 0.571. The SMILES string of the molecule is CCC(OC(=O)c1ccc(Cl)c(S(=O)(=O)N2CCCC(C)C2)c1)C(=O)Nc1ccc(F)cc1. The van der Waals surface area contributed by atoms with Crippen LogP contribution in [0.15, 0.2) is 47.4 Å². The fourth-order valence-corrected chi connectivity index (χ4v) is 5.71. The molecule has 0 radical (unpaired) electrons. The van der Waals surface area contributed by atoms with E-state index >= 15 is 0 Å². The van der Waals surface area contributed by atoms with Gasteiger partial charge in [-0.2, -0.15) is 4.31 Å². The Morgan fingerprint density at radius 2 is 1.94 bits per heavy atom. The molecule has 0 bridgehead atoms. The molecule has 1 fully saturated rings. The number of ether oxygens (including phenoxy) is 1. The van der Waals surface area contributed by atoms with Gasteiger partial charge < -0.3 is 10.1 Å². The van der Waals surface area contributed by atoms with Gasteiger partial charge in [0.05, 0.1) is 10.6 Å². The van der Waals surface area contributed by atoms with Crippen molar-refractivity contribution in [1.82, 2.24) is 4.31 Å². The lowest BCUT2D eigenvalue weighted by Gasteiger charge is -2.30. The average Bonchev–Trinajstić information content (AvgIpc) is 2.78. The van der Waals surface area contributed by atoms with Crippen LogP contribution in [-0.2, 0) is 19.6 Å². The van der Waals surface area contributed by atoms with Gasteiger partial charge in [-0.25, -0.2) is 17.6 Å². The minimum Gasteiger partial charge on any atom is -0.449 e. The lowest BCUT2D eigenvalue weighted by Crippen LogP contribution is -2.39. The number of hydrogen-bond donors (Lipinski definition) is 1. The molecule has 1 aliphatic heterocycles. The Morgan fingerprint density at radius 3 is 2.58 bits per heavy atom. The van der Waals surface area contributed by atoms with Gasteiger partial charge >= 0.3 is 5.97 Å². The molecule has 1 N–H and O–H groups in total. The first kappa shape index (κ1) is 25.1. The van der Waals surface area contributed by atoms with Crippen molar-refractivity contribution in [2.24, 2.45) is 5.92 Å². The van der Waals surface area contributed by atoms with Gasteiger partial charge in [0.25, 0.3) is 5.91 Å². The van der Waals surface area contributed by atoms with E-state index in [4.69, 9.17) is 16.3 Å². The number of sulfonamides is 1. The third-order valence-electron chi connectivity index (χ3n) is 5.43. The van der Waals surface area contributed by atoms with Gasteiger partial charge in [0.2, 0.25) is 10.0 Å². The first-order valence-corrected chi connectivity index (χ1v) is 12.5. The fourth-order valence-electron chi connectivity index (χ4n) is 3.61. The van der Waals surface area contributed by atoms with Crippen LogP contribution >= 0.6 is 11.6 Å². The lowest BCUT2D eigenvalue weighted by atomic mass is 10.0. The van der Waals surface area contributed by atoms with Gasteiger partial charge in [-0.15, -0.1) is 0 Å². The number of hydrogen-bond acceptors (Lipinski definition) is 5. The molecule has 7 nitrogen and oxygen atoms in total. The van der Waals surface area contributed by atoms with E-state index in [2.05, 4.69) is 5.32 Å². The fraction of sp³-hybridized carbons (Fsp3) is 0.391. The number of benzene rings is 2. The molecular weight excluding hydrogens is 471 g/mol. The molecule has 3 rings (SSSR count). The van der Waals surface area contributed by atoms with Crippen molar-refractivity contribution in [2.75, 3.05) is 18.4 Å². The van der Waals surface area contributed by atoms with Gasteiger partial charge in [-0.05, 0) is 67.6 Å². The van der Waals surface area contributed by atoms with Crippen molar-refractivity contribution in [3.8, 4) is 0 Å². The van der Waals surface area contributed by atoms with Crippen LogP contribution in [0, 0.1) is 11.7 Å². The number of esters is 1. The van der Waals surface area contributed by atoms with Crippen LogP contribution < -0.4 is 5.32 Å². The van der Waals surface area contributed by atoms with E-state index in [-0.39, 0.29) is 27.8 Å². The van der Waals surface area contributed by atoms with Crippen molar-refractivity contribution in [1.29, 1.82) is 0 Å². The summed E-state index contributed by atoms with van der Waals surface area (Å²) in [5.74, 6) is -1.65. The first-order chi connectivity index (χ1) is 15.6. The Labute approximate surface area is 197 Å². The van der Waals surface area contributed by atoms with E-state index in [9.17, 15) is 22.4 Å². The van der Waals surface area contributed by atoms with Crippen LogP contribution in [-0.4, -0.2) is 43.8 Å². The largest absolute Gasteiger partial charge is 0.449 e. The molecule has 1 saturated heterocycles. The summed E-state index contributed by atoms with van der Waals surface area (Å²) in [5, 5.41) is 2.57. The summed E-state index contributed by atoms with van der Waals surface area (Å²) in [6.45, 7) is 4.42. The number of anilines is 1. The molecule has 1 heterocycles. The highest BCUT2D eigenvalue weighted by atomic mass is 35.5. The van der Waals surface area contributed by atoms with Gasteiger partial charge in [0.15, 0.2) is 6.10 Å². The van der Waals surface area contributed by atoms with Crippen LogP contribution in [0.5, 0.6) is 0 Å².